The van der Waals surface area contributed by atoms with E-state index in [9.17, 15) is 18.0 Å². The minimum Gasteiger partial charge on any atom is -0.326 e. The molecule has 0 bridgehead atoms. The fraction of sp³-hybridized carbons (Fsp3) is 0.333. The maximum absolute atomic E-state index is 12.7. The van der Waals surface area contributed by atoms with Gasteiger partial charge in [-0.15, -0.1) is 0 Å². The number of aryl methyl sites for hydroxylation is 1. The average Bonchev–Trinajstić information content (AvgIpc) is 2.66. The molecular formula is C21H25N3O4S. The SMILES string of the molecule is CC(=O)Nc1ccc(S(=O)(=O)Nc2ccc3c(c2)N(C(=O)C(C)C)CCC3)cc1. The van der Waals surface area contributed by atoms with E-state index in [1.165, 1.54) is 31.2 Å². The summed E-state index contributed by atoms with van der Waals surface area (Å²) in [6.45, 7) is 5.72. The zero-order chi connectivity index (χ0) is 21.2. The van der Waals surface area contributed by atoms with Gasteiger partial charge >= 0.3 is 0 Å². The quantitative estimate of drug-likeness (QED) is 0.783. The van der Waals surface area contributed by atoms with Crippen molar-refractivity contribution in [1.82, 2.24) is 0 Å². The highest BCUT2D eigenvalue weighted by Gasteiger charge is 2.25. The fourth-order valence-electron chi connectivity index (χ4n) is 3.31. The zero-order valence-corrected chi connectivity index (χ0v) is 17.5. The Hall–Kier alpha value is -2.87. The van der Waals surface area contributed by atoms with Gasteiger partial charge in [0.1, 0.15) is 0 Å². The second kappa shape index (κ2) is 8.24. The third-order valence-electron chi connectivity index (χ3n) is 4.70. The third-order valence-corrected chi connectivity index (χ3v) is 6.10. The summed E-state index contributed by atoms with van der Waals surface area (Å²) in [6, 6.07) is 11.2. The van der Waals surface area contributed by atoms with Crippen LogP contribution in [-0.2, 0) is 26.0 Å². The van der Waals surface area contributed by atoms with E-state index in [1.54, 1.807) is 17.0 Å². The molecule has 0 aliphatic carbocycles. The molecule has 0 aromatic heterocycles. The molecule has 2 amide bonds. The molecule has 0 unspecified atom stereocenters. The van der Waals surface area contributed by atoms with Crippen LogP contribution in [0.4, 0.5) is 17.1 Å². The summed E-state index contributed by atoms with van der Waals surface area (Å²) >= 11 is 0. The zero-order valence-electron chi connectivity index (χ0n) is 16.7. The molecule has 3 rings (SSSR count). The topological polar surface area (TPSA) is 95.6 Å². The molecule has 154 valence electrons. The maximum Gasteiger partial charge on any atom is 0.261 e. The Morgan fingerprint density at radius 3 is 2.31 bits per heavy atom. The summed E-state index contributed by atoms with van der Waals surface area (Å²) in [5, 5.41) is 2.60. The summed E-state index contributed by atoms with van der Waals surface area (Å²) in [7, 11) is -3.81. The minimum atomic E-state index is -3.81. The number of amides is 2. The van der Waals surface area contributed by atoms with E-state index in [0.717, 1.165) is 24.1 Å². The van der Waals surface area contributed by atoms with E-state index in [2.05, 4.69) is 10.0 Å². The van der Waals surface area contributed by atoms with Crippen LogP contribution in [0.1, 0.15) is 32.8 Å². The molecule has 2 aromatic carbocycles. The van der Waals surface area contributed by atoms with Crippen molar-refractivity contribution in [2.75, 3.05) is 21.5 Å². The summed E-state index contributed by atoms with van der Waals surface area (Å²) in [5.41, 5.74) is 2.72. The molecule has 0 atom stereocenters. The molecule has 0 fully saturated rings. The minimum absolute atomic E-state index is 0.0273. The number of fused-ring (bicyclic) bond motifs is 1. The average molecular weight is 416 g/mol. The van der Waals surface area contributed by atoms with Gasteiger partial charge in [0.2, 0.25) is 11.8 Å². The lowest BCUT2D eigenvalue weighted by molar-refractivity contribution is -0.121. The van der Waals surface area contributed by atoms with Crippen LogP contribution in [0.25, 0.3) is 0 Å². The molecule has 1 heterocycles. The Labute approximate surface area is 171 Å². The van der Waals surface area contributed by atoms with Gasteiger partial charge in [-0.3, -0.25) is 14.3 Å². The Morgan fingerprint density at radius 2 is 1.69 bits per heavy atom. The van der Waals surface area contributed by atoms with Crippen molar-refractivity contribution >= 4 is 38.9 Å². The van der Waals surface area contributed by atoms with E-state index in [1.807, 2.05) is 19.9 Å². The lowest BCUT2D eigenvalue weighted by atomic mass is 9.99. The molecule has 2 aromatic rings. The van der Waals surface area contributed by atoms with Crippen LogP contribution in [0.5, 0.6) is 0 Å². The molecule has 2 N–H and O–H groups in total. The van der Waals surface area contributed by atoms with Crippen LogP contribution in [-0.4, -0.2) is 26.8 Å². The van der Waals surface area contributed by atoms with E-state index in [0.29, 0.717) is 17.9 Å². The van der Waals surface area contributed by atoms with E-state index >= 15 is 0 Å². The van der Waals surface area contributed by atoms with Gasteiger partial charge in [-0.2, -0.15) is 0 Å². The van der Waals surface area contributed by atoms with E-state index < -0.39 is 10.0 Å². The molecule has 1 aliphatic rings. The highest BCUT2D eigenvalue weighted by atomic mass is 32.2. The van der Waals surface area contributed by atoms with Crippen LogP contribution >= 0.6 is 0 Å². The van der Waals surface area contributed by atoms with Crippen molar-refractivity contribution in [3.63, 3.8) is 0 Å². The Bertz CT molecular complexity index is 1030. The largest absolute Gasteiger partial charge is 0.326 e. The molecule has 0 spiro atoms. The van der Waals surface area contributed by atoms with Crippen LogP contribution in [0.3, 0.4) is 0 Å². The van der Waals surface area contributed by atoms with Gasteiger partial charge in [0.05, 0.1) is 10.6 Å². The van der Waals surface area contributed by atoms with Crippen LogP contribution < -0.4 is 14.9 Å². The number of benzene rings is 2. The normalized spacial score (nSPS) is 13.7. The van der Waals surface area contributed by atoms with E-state index in [-0.39, 0.29) is 22.6 Å². The van der Waals surface area contributed by atoms with Gasteiger partial charge in [-0.1, -0.05) is 19.9 Å². The van der Waals surface area contributed by atoms with Gasteiger partial charge in [0, 0.05) is 30.8 Å². The number of hydrogen-bond acceptors (Lipinski definition) is 4. The van der Waals surface area contributed by atoms with Gasteiger partial charge in [-0.05, 0) is 54.8 Å². The molecule has 8 heteroatoms. The first-order chi connectivity index (χ1) is 13.7. The van der Waals surface area contributed by atoms with Crippen LogP contribution in [0, 0.1) is 5.92 Å². The Morgan fingerprint density at radius 1 is 1.03 bits per heavy atom. The molecule has 0 radical (unpaired) electrons. The van der Waals surface area contributed by atoms with Crippen molar-refractivity contribution in [2.45, 2.75) is 38.5 Å². The van der Waals surface area contributed by atoms with Gasteiger partial charge in [-0.25, -0.2) is 8.42 Å². The Kier molecular flexibility index (Phi) is 5.93. The number of nitrogens with zero attached hydrogens (tertiary/aromatic N) is 1. The van der Waals surface area contributed by atoms with E-state index in [4.69, 9.17) is 0 Å². The monoisotopic (exact) mass is 415 g/mol. The predicted octanol–water partition coefficient (Wildman–Crippen LogP) is 3.38. The molecule has 7 nitrogen and oxygen atoms in total. The number of carbonyl (C=O) groups is 2. The number of anilines is 3. The number of sulfonamides is 1. The summed E-state index contributed by atoms with van der Waals surface area (Å²) in [4.78, 5) is 25.5. The smallest absolute Gasteiger partial charge is 0.261 e. The lowest BCUT2D eigenvalue weighted by Crippen LogP contribution is -2.38. The first-order valence-corrected chi connectivity index (χ1v) is 11.0. The fourth-order valence-corrected chi connectivity index (χ4v) is 4.36. The first kappa shape index (κ1) is 20.9. The lowest BCUT2D eigenvalue weighted by Gasteiger charge is -2.31. The van der Waals surface area contributed by atoms with Crippen molar-refractivity contribution in [2.24, 2.45) is 5.92 Å². The molecular weight excluding hydrogens is 390 g/mol. The molecule has 1 aliphatic heterocycles. The number of carbonyl (C=O) groups excluding carboxylic acids is 2. The molecule has 0 saturated carbocycles. The highest BCUT2D eigenvalue weighted by Crippen LogP contribution is 2.32. The number of hydrogen-bond donors (Lipinski definition) is 2. The van der Waals surface area contributed by atoms with Crippen molar-refractivity contribution in [1.29, 1.82) is 0 Å². The van der Waals surface area contributed by atoms with Gasteiger partial charge in [0.25, 0.3) is 10.0 Å². The summed E-state index contributed by atoms with van der Waals surface area (Å²) in [6.07, 6.45) is 1.74. The summed E-state index contributed by atoms with van der Waals surface area (Å²) in [5.74, 6) is -0.337. The van der Waals surface area contributed by atoms with Crippen molar-refractivity contribution < 1.29 is 18.0 Å². The van der Waals surface area contributed by atoms with Gasteiger partial charge in [0.15, 0.2) is 0 Å². The third kappa shape index (κ3) is 4.76. The molecule has 29 heavy (non-hydrogen) atoms. The Balaban J connectivity index is 1.85. The number of rotatable bonds is 5. The maximum atomic E-state index is 12.7. The van der Waals surface area contributed by atoms with Crippen molar-refractivity contribution in [3.8, 4) is 0 Å². The second-order valence-electron chi connectivity index (χ2n) is 7.40. The molecule has 0 saturated heterocycles. The van der Waals surface area contributed by atoms with Crippen LogP contribution in [0.15, 0.2) is 47.4 Å². The highest BCUT2D eigenvalue weighted by molar-refractivity contribution is 7.92. The van der Waals surface area contributed by atoms with Crippen LogP contribution in [0.2, 0.25) is 0 Å². The standard InChI is InChI=1S/C21H25N3O4S/c1-14(2)21(26)24-12-4-5-16-6-7-18(13-20(16)24)23-29(27,28)19-10-8-17(9-11-19)22-15(3)25/h6-11,13-14,23H,4-5,12H2,1-3H3,(H,22,25). The summed E-state index contributed by atoms with van der Waals surface area (Å²) < 4.78 is 28.1. The number of nitrogens with one attached hydrogen (secondary N) is 2. The first-order valence-electron chi connectivity index (χ1n) is 9.52. The second-order valence-corrected chi connectivity index (χ2v) is 9.09. The predicted molar refractivity (Wildman–Crippen MR) is 114 cm³/mol. The van der Waals surface area contributed by atoms with Gasteiger partial charge < -0.3 is 10.2 Å². The van der Waals surface area contributed by atoms with Crippen molar-refractivity contribution in [3.05, 3.63) is 48.0 Å².